The number of amidine groups is 2. The zero-order valence-corrected chi connectivity index (χ0v) is 17.0. The minimum atomic E-state index is 0.0404. The SMILES string of the molecule is C=C/C=C(/C)N=C.C=C/C=C\C=NCC(C)N=C(C)N=C(N)c1ccccn1. The van der Waals surface area contributed by atoms with Gasteiger partial charge in [0.1, 0.15) is 11.5 Å². The molecule has 1 rings (SSSR count). The molecule has 0 aliphatic rings. The summed E-state index contributed by atoms with van der Waals surface area (Å²) in [6.45, 7) is 16.6. The Hall–Kier alpha value is -3.41. The van der Waals surface area contributed by atoms with Crippen LogP contribution in [0, 0.1) is 0 Å². The fourth-order valence-electron chi connectivity index (χ4n) is 1.76. The van der Waals surface area contributed by atoms with Gasteiger partial charge < -0.3 is 5.73 Å². The molecule has 1 aromatic heterocycles. The Bertz CT molecular complexity index is 754. The monoisotopic (exact) mass is 378 g/mol. The standard InChI is InChI=1S/C16H21N5.C6H9N/c1-4-5-7-10-18-12-13(2)20-14(3)21-16(17)15-9-6-8-11-19-15;1-4-5-6(2)7-3/h4-11,13H,1,12H2,2-3H3,(H2,17,20,21);4-5H,1,3H2,2H3/b7-5-,18-10?;6-5-. The van der Waals surface area contributed by atoms with Crippen LogP contribution in [0.1, 0.15) is 26.5 Å². The summed E-state index contributed by atoms with van der Waals surface area (Å²) in [6.07, 6.45) is 12.2. The quantitative estimate of drug-likeness (QED) is 0.418. The molecule has 0 aliphatic carbocycles. The van der Waals surface area contributed by atoms with Gasteiger partial charge in [0.15, 0.2) is 5.84 Å². The number of nitrogens with zero attached hydrogens (tertiary/aromatic N) is 5. The molecule has 0 saturated carbocycles. The van der Waals surface area contributed by atoms with Gasteiger partial charge in [0.05, 0.1) is 12.6 Å². The topological polar surface area (TPSA) is 88.3 Å². The van der Waals surface area contributed by atoms with Gasteiger partial charge in [0.2, 0.25) is 0 Å². The zero-order valence-electron chi connectivity index (χ0n) is 17.0. The molecule has 6 heteroatoms. The molecule has 1 aromatic rings. The Balaban J connectivity index is 0.000000887. The fraction of sp³-hybridized carbons (Fsp3) is 0.227. The molecule has 148 valence electrons. The average molecular weight is 379 g/mol. The van der Waals surface area contributed by atoms with E-state index >= 15 is 0 Å². The van der Waals surface area contributed by atoms with Crippen LogP contribution in [0.4, 0.5) is 0 Å². The highest BCUT2D eigenvalue weighted by molar-refractivity contribution is 6.03. The molecule has 0 bridgehead atoms. The minimum Gasteiger partial charge on any atom is -0.382 e. The first-order valence-electron chi connectivity index (χ1n) is 8.78. The molecule has 0 aromatic carbocycles. The van der Waals surface area contributed by atoms with Crippen LogP contribution in [0.3, 0.4) is 0 Å². The highest BCUT2D eigenvalue weighted by Gasteiger charge is 2.01. The van der Waals surface area contributed by atoms with Gasteiger partial charge in [-0.2, -0.15) is 0 Å². The van der Waals surface area contributed by atoms with E-state index in [1.807, 2.05) is 51.1 Å². The molecule has 1 unspecified atom stereocenters. The van der Waals surface area contributed by atoms with Crippen molar-refractivity contribution in [2.24, 2.45) is 25.7 Å². The molecule has 2 N–H and O–H groups in total. The van der Waals surface area contributed by atoms with Crippen molar-refractivity contribution < 1.29 is 0 Å². The Morgan fingerprint density at radius 3 is 2.50 bits per heavy atom. The van der Waals surface area contributed by atoms with Gasteiger partial charge in [-0.3, -0.25) is 20.0 Å². The molecule has 0 aliphatic heterocycles. The Kier molecular flexibility index (Phi) is 13.9. The molecule has 6 nitrogen and oxygen atoms in total. The van der Waals surface area contributed by atoms with Crippen molar-refractivity contribution in [3.8, 4) is 0 Å². The van der Waals surface area contributed by atoms with Crippen LogP contribution in [0.15, 0.2) is 93.6 Å². The van der Waals surface area contributed by atoms with Crippen LogP contribution in [-0.4, -0.2) is 42.2 Å². The lowest BCUT2D eigenvalue weighted by atomic mass is 10.3. The minimum absolute atomic E-state index is 0.0404. The molecule has 0 spiro atoms. The first-order valence-corrected chi connectivity index (χ1v) is 8.78. The summed E-state index contributed by atoms with van der Waals surface area (Å²) in [5.41, 5.74) is 7.43. The smallest absolute Gasteiger partial charge is 0.151 e. The van der Waals surface area contributed by atoms with Crippen molar-refractivity contribution in [1.29, 1.82) is 0 Å². The number of hydrogen-bond donors (Lipinski definition) is 1. The van der Waals surface area contributed by atoms with Crippen molar-refractivity contribution in [2.45, 2.75) is 26.8 Å². The van der Waals surface area contributed by atoms with Gasteiger partial charge in [-0.15, -0.1) is 0 Å². The molecule has 0 fully saturated rings. The summed E-state index contributed by atoms with van der Waals surface area (Å²) in [5, 5.41) is 0. The van der Waals surface area contributed by atoms with E-state index in [9.17, 15) is 0 Å². The van der Waals surface area contributed by atoms with Gasteiger partial charge in [0.25, 0.3) is 0 Å². The predicted molar refractivity (Wildman–Crippen MR) is 124 cm³/mol. The second kappa shape index (κ2) is 15.8. The third-order valence-corrected chi connectivity index (χ3v) is 3.03. The fourth-order valence-corrected chi connectivity index (χ4v) is 1.76. The summed E-state index contributed by atoms with van der Waals surface area (Å²) in [5.74, 6) is 0.976. The van der Waals surface area contributed by atoms with Crippen molar-refractivity contribution >= 4 is 24.6 Å². The number of aromatic nitrogens is 1. The van der Waals surface area contributed by atoms with E-state index in [0.29, 0.717) is 23.9 Å². The molecule has 0 radical (unpaired) electrons. The summed E-state index contributed by atoms with van der Waals surface area (Å²) < 4.78 is 0. The number of rotatable bonds is 8. The molecule has 1 atom stereocenters. The van der Waals surface area contributed by atoms with Crippen LogP contribution in [0.25, 0.3) is 0 Å². The number of allylic oxidation sites excluding steroid dienone is 6. The van der Waals surface area contributed by atoms with Crippen LogP contribution in [-0.2, 0) is 0 Å². The lowest BCUT2D eigenvalue weighted by Crippen LogP contribution is -2.17. The van der Waals surface area contributed by atoms with Gasteiger partial charge in [-0.05, 0) is 51.8 Å². The molecule has 28 heavy (non-hydrogen) atoms. The third kappa shape index (κ3) is 12.9. The second-order valence-corrected chi connectivity index (χ2v) is 5.57. The highest BCUT2D eigenvalue weighted by atomic mass is 15.0. The van der Waals surface area contributed by atoms with Crippen LogP contribution in [0.2, 0.25) is 0 Å². The zero-order chi connectivity index (χ0) is 21.2. The molecular formula is C22H30N6. The summed E-state index contributed by atoms with van der Waals surface area (Å²) in [6, 6.07) is 5.55. The van der Waals surface area contributed by atoms with Gasteiger partial charge >= 0.3 is 0 Å². The van der Waals surface area contributed by atoms with Crippen LogP contribution >= 0.6 is 0 Å². The number of nitrogens with two attached hydrogens (primary N) is 1. The van der Waals surface area contributed by atoms with Gasteiger partial charge in [0, 0.05) is 18.1 Å². The second-order valence-electron chi connectivity index (χ2n) is 5.57. The summed E-state index contributed by atoms with van der Waals surface area (Å²) in [4.78, 5) is 20.7. The van der Waals surface area contributed by atoms with Crippen LogP contribution in [0.5, 0.6) is 0 Å². The Morgan fingerprint density at radius 1 is 1.21 bits per heavy atom. The normalized spacial score (nSPS) is 13.8. The maximum absolute atomic E-state index is 5.89. The largest absolute Gasteiger partial charge is 0.382 e. The van der Waals surface area contributed by atoms with E-state index in [2.05, 4.69) is 44.8 Å². The maximum Gasteiger partial charge on any atom is 0.151 e. The predicted octanol–water partition coefficient (Wildman–Crippen LogP) is 4.18. The van der Waals surface area contributed by atoms with Crippen molar-refractivity contribution in [3.63, 3.8) is 0 Å². The van der Waals surface area contributed by atoms with Crippen LogP contribution < -0.4 is 5.73 Å². The molecule has 0 amide bonds. The van der Waals surface area contributed by atoms with E-state index < -0.39 is 0 Å². The first-order chi connectivity index (χ1) is 13.4. The maximum atomic E-state index is 5.89. The molecule has 0 saturated heterocycles. The van der Waals surface area contributed by atoms with E-state index in [1.54, 1.807) is 30.6 Å². The number of hydrogen-bond acceptors (Lipinski definition) is 4. The Labute approximate surface area is 168 Å². The van der Waals surface area contributed by atoms with Crippen molar-refractivity contribution in [3.05, 3.63) is 79.3 Å². The molecular weight excluding hydrogens is 348 g/mol. The van der Waals surface area contributed by atoms with E-state index in [0.717, 1.165) is 5.70 Å². The van der Waals surface area contributed by atoms with Gasteiger partial charge in [-0.25, -0.2) is 4.99 Å². The van der Waals surface area contributed by atoms with E-state index in [1.165, 1.54) is 0 Å². The molecule has 1 heterocycles. The first kappa shape index (κ1) is 24.6. The highest BCUT2D eigenvalue weighted by Crippen LogP contribution is 1.97. The third-order valence-electron chi connectivity index (χ3n) is 3.03. The Morgan fingerprint density at radius 2 is 1.96 bits per heavy atom. The lowest BCUT2D eigenvalue weighted by Gasteiger charge is -2.03. The van der Waals surface area contributed by atoms with Gasteiger partial charge in [-0.1, -0.05) is 37.5 Å². The number of aliphatic imine (C=N–C) groups is 4. The van der Waals surface area contributed by atoms with Crippen molar-refractivity contribution in [2.75, 3.05) is 6.54 Å². The summed E-state index contributed by atoms with van der Waals surface area (Å²) in [7, 11) is 0. The van der Waals surface area contributed by atoms with E-state index in [4.69, 9.17) is 5.73 Å². The van der Waals surface area contributed by atoms with E-state index in [-0.39, 0.29) is 6.04 Å². The van der Waals surface area contributed by atoms with Crippen molar-refractivity contribution in [1.82, 2.24) is 4.98 Å². The number of pyridine rings is 1. The lowest BCUT2D eigenvalue weighted by molar-refractivity contribution is 0.756. The summed E-state index contributed by atoms with van der Waals surface area (Å²) >= 11 is 0. The average Bonchev–Trinajstić information content (AvgIpc) is 2.69.